The fraction of sp³-hybridized carbons (Fsp3) is 0.233. The lowest BCUT2D eigenvalue weighted by Gasteiger charge is -2.43. The zero-order valence-electron chi connectivity index (χ0n) is 39.9. The maximum absolute atomic E-state index is 6.58. The summed E-state index contributed by atoms with van der Waals surface area (Å²) in [7, 11) is 0. The van der Waals surface area contributed by atoms with Crippen molar-refractivity contribution in [2.75, 3.05) is 36.2 Å². The zero-order valence-corrected chi connectivity index (χ0v) is 41.6. The average Bonchev–Trinajstić information content (AvgIpc) is 3.70. The van der Waals surface area contributed by atoms with Crippen molar-refractivity contribution < 1.29 is 18.9 Å². The van der Waals surface area contributed by atoms with Gasteiger partial charge in [0.25, 0.3) is 6.71 Å². The van der Waals surface area contributed by atoms with Crippen LogP contribution in [-0.4, -0.2) is 33.1 Å². The summed E-state index contributed by atoms with van der Waals surface area (Å²) in [5, 5.41) is 2.53. The molecule has 0 saturated heterocycles. The van der Waals surface area contributed by atoms with Crippen LogP contribution in [0.15, 0.2) is 140 Å². The molecule has 0 unspecified atom stereocenters. The van der Waals surface area contributed by atoms with Crippen molar-refractivity contribution in [3.8, 4) is 45.3 Å². The Morgan fingerprint density at radius 3 is 1.25 bits per heavy atom. The second kappa shape index (κ2) is 15.9. The summed E-state index contributed by atoms with van der Waals surface area (Å²) < 4.78 is 31.3. The van der Waals surface area contributed by atoms with Gasteiger partial charge < -0.3 is 28.7 Å². The van der Waals surface area contributed by atoms with E-state index in [2.05, 4.69) is 191 Å². The number of anilines is 6. The molecular weight excluding hydrogens is 888 g/mol. The van der Waals surface area contributed by atoms with E-state index < -0.39 is 0 Å². The first-order chi connectivity index (χ1) is 33.5. The van der Waals surface area contributed by atoms with Crippen molar-refractivity contribution in [1.82, 2.24) is 0 Å². The molecule has 0 saturated carbocycles. The Morgan fingerprint density at radius 1 is 0.435 bits per heavy atom. The van der Waals surface area contributed by atoms with Crippen molar-refractivity contribution in [2.45, 2.75) is 65.2 Å². The minimum absolute atomic E-state index is 0.0409. The van der Waals surface area contributed by atoms with Gasteiger partial charge in [0, 0.05) is 77.2 Å². The van der Waals surface area contributed by atoms with E-state index in [1.165, 1.54) is 57.7 Å². The molecule has 6 nitrogen and oxygen atoms in total. The molecule has 0 N–H and O–H groups in total. The number of thiophene rings is 2. The molecule has 9 aromatic rings. The van der Waals surface area contributed by atoms with Crippen LogP contribution in [-0.2, 0) is 10.8 Å². The molecule has 9 heteroatoms. The molecule has 6 heterocycles. The van der Waals surface area contributed by atoms with E-state index in [-0.39, 0.29) is 17.5 Å². The molecular formula is C60H53BN2O4S2. The predicted octanol–water partition coefficient (Wildman–Crippen LogP) is 14.5. The van der Waals surface area contributed by atoms with Gasteiger partial charge in [-0.25, -0.2) is 0 Å². The Morgan fingerprint density at radius 2 is 0.841 bits per heavy atom. The van der Waals surface area contributed by atoms with Crippen molar-refractivity contribution in [3.63, 3.8) is 0 Å². The van der Waals surface area contributed by atoms with Crippen LogP contribution in [0.5, 0.6) is 23.0 Å². The van der Waals surface area contributed by atoms with E-state index in [0.29, 0.717) is 26.4 Å². The maximum Gasteiger partial charge on any atom is 0.277 e. The molecule has 2 aromatic heterocycles. The highest BCUT2D eigenvalue weighted by atomic mass is 32.1. The standard InChI is InChI=1S/C60H53BN2O4S2/c1-59(2,3)38-22-24-52-42(30-38)55-57(68-52)61-54-44(62(55)46-34-50-48(64-26-14-28-66-50)32-40(46)36-16-9-7-10-17-36)20-13-21-45(54)63(56-43-31-39(60(4,5)6)23-25-53(43)69-58(56)61)47-35-51-49(65-27-15-29-67-51)33-41(47)37-18-11-8-12-19-37/h7-13,16-25,30-35H,14-15,26-29H2,1-6H3. The second-order valence-electron chi connectivity index (χ2n) is 20.8. The summed E-state index contributed by atoms with van der Waals surface area (Å²) in [5.74, 6) is 3.11. The molecule has 4 aliphatic rings. The highest BCUT2D eigenvalue weighted by Crippen LogP contribution is 2.55. The van der Waals surface area contributed by atoms with E-state index in [0.717, 1.165) is 80.8 Å². The lowest BCUT2D eigenvalue weighted by atomic mass is 9.39. The first-order valence-corrected chi connectivity index (χ1v) is 26.0. The SMILES string of the molecule is CC(C)(C)c1ccc2sc3c(c2c1)N(c1cc2c(cc1-c1ccccc1)OCCCO2)c1cccc2c1B3c1sc3ccc(C(C)(C)C)cc3c1N2c1cc2c(cc1-c1ccccc1)OCCCO2. The Labute approximate surface area is 412 Å². The summed E-state index contributed by atoms with van der Waals surface area (Å²) in [6.45, 7) is 16.3. The molecule has 7 aromatic carbocycles. The molecule has 0 spiro atoms. The largest absolute Gasteiger partial charge is 0.490 e. The van der Waals surface area contributed by atoms with Gasteiger partial charge in [0.2, 0.25) is 0 Å². The third-order valence-corrected chi connectivity index (χ3v) is 16.7. The highest BCUT2D eigenvalue weighted by Gasteiger charge is 2.48. The van der Waals surface area contributed by atoms with Gasteiger partial charge in [-0.3, -0.25) is 0 Å². The molecule has 0 radical (unpaired) electrons. The lowest BCUT2D eigenvalue weighted by molar-refractivity contribution is 0.296. The van der Waals surface area contributed by atoms with Gasteiger partial charge in [0.15, 0.2) is 23.0 Å². The van der Waals surface area contributed by atoms with E-state index in [4.69, 9.17) is 18.9 Å². The van der Waals surface area contributed by atoms with Crippen molar-refractivity contribution in [1.29, 1.82) is 0 Å². The van der Waals surface area contributed by atoms with Gasteiger partial charge in [0.05, 0.1) is 49.2 Å². The van der Waals surface area contributed by atoms with Crippen LogP contribution in [0.2, 0.25) is 0 Å². The van der Waals surface area contributed by atoms with E-state index in [1.54, 1.807) is 0 Å². The van der Waals surface area contributed by atoms with E-state index in [1.807, 2.05) is 22.7 Å². The number of nitrogens with zero attached hydrogens (tertiary/aromatic N) is 2. The third kappa shape index (κ3) is 6.86. The minimum Gasteiger partial charge on any atom is -0.490 e. The number of hydrogen-bond donors (Lipinski definition) is 0. The van der Waals surface area contributed by atoms with E-state index >= 15 is 0 Å². The van der Waals surface area contributed by atoms with Gasteiger partial charge in [-0.1, -0.05) is 120 Å². The Bertz CT molecular complexity index is 3290. The van der Waals surface area contributed by atoms with E-state index in [9.17, 15) is 0 Å². The first kappa shape index (κ1) is 42.4. The normalized spacial score (nSPS) is 15.1. The summed E-state index contributed by atoms with van der Waals surface area (Å²) in [4.78, 5) is 5.15. The fourth-order valence-electron chi connectivity index (χ4n) is 10.8. The van der Waals surface area contributed by atoms with Crippen LogP contribution in [0.3, 0.4) is 0 Å². The molecule has 0 bridgehead atoms. The number of ether oxygens (including phenoxy) is 4. The molecule has 342 valence electrons. The van der Waals surface area contributed by atoms with Crippen molar-refractivity contribution in [2.24, 2.45) is 0 Å². The van der Waals surface area contributed by atoms with Crippen LogP contribution in [0.4, 0.5) is 34.1 Å². The lowest BCUT2D eigenvalue weighted by Crippen LogP contribution is -2.59. The average molecular weight is 941 g/mol. The van der Waals surface area contributed by atoms with Gasteiger partial charge in [0.1, 0.15) is 0 Å². The summed E-state index contributed by atoms with van der Waals surface area (Å²) >= 11 is 3.89. The summed E-state index contributed by atoms with van der Waals surface area (Å²) in [5.41, 5.74) is 15.1. The molecule has 0 aliphatic carbocycles. The van der Waals surface area contributed by atoms with Crippen LogP contribution in [0.25, 0.3) is 42.4 Å². The van der Waals surface area contributed by atoms with Crippen LogP contribution >= 0.6 is 22.7 Å². The predicted molar refractivity (Wildman–Crippen MR) is 291 cm³/mol. The summed E-state index contributed by atoms with van der Waals surface area (Å²) in [6.07, 6.45) is 1.65. The number of fused-ring (bicyclic) bond motifs is 10. The zero-order chi connectivity index (χ0) is 46.8. The van der Waals surface area contributed by atoms with Crippen LogP contribution in [0.1, 0.15) is 65.5 Å². The second-order valence-corrected chi connectivity index (χ2v) is 23.0. The van der Waals surface area contributed by atoms with Crippen LogP contribution in [0, 0.1) is 0 Å². The van der Waals surface area contributed by atoms with Crippen molar-refractivity contribution in [3.05, 3.63) is 151 Å². The quantitative estimate of drug-likeness (QED) is 0.164. The number of benzene rings is 7. The Hall–Kier alpha value is -6.68. The highest BCUT2D eigenvalue weighted by molar-refractivity contribution is 7.40. The van der Waals surface area contributed by atoms with Gasteiger partial charge in [-0.15, -0.1) is 22.7 Å². The minimum atomic E-state index is -0.0497. The molecule has 4 aliphatic heterocycles. The van der Waals surface area contributed by atoms with Gasteiger partial charge in [-0.2, -0.15) is 0 Å². The fourth-order valence-corrected chi connectivity index (χ4v) is 13.5. The first-order valence-electron chi connectivity index (χ1n) is 24.3. The monoisotopic (exact) mass is 940 g/mol. The maximum atomic E-state index is 6.58. The Kier molecular flexibility index (Phi) is 9.80. The van der Waals surface area contributed by atoms with Gasteiger partial charge >= 0.3 is 0 Å². The number of hydrogen-bond acceptors (Lipinski definition) is 8. The molecule has 13 rings (SSSR count). The molecule has 0 fully saturated rings. The van der Waals surface area contributed by atoms with Crippen molar-refractivity contribution >= 4 is 98.7 Å². The molecule has 0 amide bonds. The number of rotatable bonds is 4. The smallest absolute Gasteiger partial charge is 0.277 e. The van der Waals surface area contributed by atoms with Crippen LogP contribution < -0.4 is 43.8 Å². The Balaban J connectivity index is 1.17. The van der Waals surface area contributed by atoms with Gasteiger partial charge in [-0.05, 0) is 87.1 Å². The summed E-state index contributed by atoms with van der Waals surface area (Å²) in [6, 6.07) is 51.8. The third-order valence-electron chi connectivity index (χ3n) is 14.3. The topological polar surface area (TPSA) is 43.4 Å². The molecule has 0 atom stereocenters. The molecule has 69 heavy (non-hydrogen) atoms.